The van der Waals surface area contributed by atoms with Gasteiger partial charge in [-0.2, -0.15) is 0 Å². The second-order valence-electron chi connectivity index (χ2n) is 4.85. The van der Waals surface area contributed by atoms with Crippen molar-refractivity contribution in [2.24, 2.45) is 5.92 Å². The van der Waals surface area contributed by atoms with Gasteiger partial charge in [0.15, 0.2) is 0 Å². The van der Waals surface area contributed by atoms with Crippen molar-refractivity contribution in [3.8, 4) is 0 Å². The van der Waals surface area contributed by atoms with E-state index in [1.165, 1.54) is 0 Å². The van der Waals surface area contributed by atoms with Gasteiger partial charge in [-0.15, -0.1) is 0 Å². The molecule has 1 saturated heterocycles. The van der Waals surface area contributed by atoms with Crippen LogP contribution in [0.5, 0.6) is 0 Å². The van der Waals surface area contributed by atoms with Crippen molar-refractivity contribution in [1.29, 1.82) is 0 Å². The Bertz CT molecular complexity index is 524. The van der Waals surface area contributed by atoms with Crippen LogP contribution >= 0.6 is 0 Å². The van der Waals surface area contributed by atoms with E-state index in [1.54, 1.807) is 30.3 Å². The van der Waals surface area contributed by atoms with Gasteiger partial charge in [0.05, 0.1) is 5.92 Å². The summed E-state index contributed by atoms with van der Waals surface area (Å²) in [5.41, 5.74) is 0.359. The molecular weight excluding hydrogens is 276 g/mol. The van der Waals surface area contributed by atoms with Crippen molar-refractivity contribution in [3.05, 3.63) is 35.9 Å². The summed E-state index contributed by atoms with van der Waals surface area (Å²) in [6.07, 6.45) is -1.50. The number of benzene rings is 1. The summed E-state index contributed by atoms with van der Waals surface area (Å²) in [5, 5.41) is 20.9. The number of carboxylic acids is 1. The summed E-state index contributed by atoms with van der Waals surface area (Å²) >= 11 is 0. The van der Waals surface area contributed by atoms with E-state index in [2.05, 4.69) is 5.32 Å². The Kier molecular flexibility index (Phi) is 4.42. The summed E-state index contributed by atoms with van der Waals surface area (Å²) in [6, 6.07) is 8.28. The molecule has 1 aliphatic rings. The number of carboxylic acid groups (broad SMARTS) is 2. The summed E-state index contributed by atoms with van der Waals surface area (Å²) in [7, 11) is 0. The lowest BCUT2D eigenvalue weighted by Crippen LogP contribution is -2.58. The maximum Gasteiger partial charge on any atom is 0.408 e. The molecule has 0 spiro atoms. The molecule has 3 N–H and O–H groups in total. The van der Waals surface area contributed by atoms with Gasteiger partial charge in [0.2, 0.25) is 0 Å². The van der Waals surface area contributed by atoms with Crippen molar-refractivity contribution in [1.82, 2.24) is 10.2 Å². The van der Waals surface area contributed by atoms with E-state index >= 15 is 0 Å². The maximum atomic E-state index is 12.1. The van der Waals surface area contributed by atoms with Crippen molar-refractivity contribution in [2.75, 3.05) is 6.54 Å². The molecule has 2 unspecified atom stereocenters. The van der Waals surface area contributed by atoms with E-state index in [4.69, 9.17) is 0 Å². The van der Waals surface area contributed by atoms with E-state index in [0.717, 1.165) is 4.90 Å². The van der Waals surface area contributed by atoms with Crippen LogP contribution in [0.3, 0.4) is 0 Å². The van der Waals surface area contributed by atoms with Gasteiger partial charge in [-0.25, -0.2) is 4.79 Å². The Morgan fingerprint density at radius 3 is 2.38 bits per heavy atom. The molecule has 1 fully saturated rings. The number of likely N-dealkylation sites (tertiary alicyclic amines) is 1. The number of rotatable bonds is 3. The molecule has 0 aromatic heterocycles. The lowest BCUT2D eigenvalue weighted by molar-refractivity contribution is -0.145. The number of amides is 2. The number of piperidine rings is 1. The predicted molar refractivity (Wildman–Crippen MR) is 72.8 cm³/mol. The summed E-state index contributed by atoms with van der Waals surface area (Å²) in [4.78, 5) is 35.6. The number of carbonyl (C=O) groups is 3. The summed E-state index contributed by atoms with van der Waals surface area (Å²) in [5.74, 6) is -2.54. The zero-order chi connectivity index (χ0) is 15.4. The number of hydrogen-bond donors (Lipinski definition) is 3. The fourth-order valence-corrected chi connectivity index (χ4v) is 2.45. The molecule has 1 aromatic carbocycles. The van der Waals surface area contributed by atoms with Crippen LogP contribution in [0.2, 0.25) is 0 Å². The van der Waals surface area contributed by atoms with Gasteiger partial charge in [-0.3, -0.25) is 14.5 Å². The van der Waals surface area contributed by atoms with Crippen molar-refractivity contribution in [3.63, 3.8) is 0 Å². The highest BCUT2D eigenvalue weighted by Gasteiger charge is 2.39. The van der Waals surface area contributed by atoms with Crippen molar-refractivity contribution < 1.29 is 24.6 Å². The molecule has 0 saturated carbocycles. The molecule has 7 nitrogen and oxygen atoms in total. The second kappa shape index (κ2) is 6.25. The van der Waals surface area contributed by atoms with Crippen LogP contribution in [0.15, 0.2) is 30.3 Å². The van der Waals surface area contributed by atoms with Gasteiger partial charge in [-0.1, -0.05) is 18.2 Å². The van der Waals surface area contributed by atoms with Crippen LogP contribution in [0.1, 0.15) is 23.2 Å². The number of nitrogens with one attached hydrogen (secondary N) is 1. The Hall–Kier alpha value is -2.57. The maximum absolute atomic E-state index is 12.1. The van der Waals surface area contributed by atoms with Gasteiger partial charge < -0.3 is 15.5 Å². The average molecular weight is 292 g/mol. The summed E-state index contributed by atoms with van der Waals surface area (Å²) in [6.45, 7) is 0.207. The van der Waals surface area contributed by atoms with Gasteiger partial charge in [-0.05, 0) is 25.0 Å². The molecule has 0 aliphatic carbocycles. The Balaban J connectivity index is 2.20. The highest BCUT2D eigenvalue weighted by molar-refractivity contribution is 5.94. The zero-order valence-corrected chi connectivity index (χ0v) is 11.2. The molecule has 2 rings (SSSR count). The number of aliphatic carboxylic acids is 1. The topological polar surface area (TPSA) is 107 Å². The molecule has 2 atom stereocenters. The molecule has 1 heterocycles. The number of hydrogen-bond acceptors (Lipinski definition) is 3. The third kappa shape index (κ3) is 3.31. The smallest absolute Gasteiger partial charge is 0.408 e. The number of carbonyl (C=O) groups excluding carboxylic acids is 1. The first-order valence-corrected chi connectivity index (χ1v) is 6.59. The normalized spacial score (nSPS) is 21.6. The fourth-order valence-electron chi connectivity index (χ4n) is 2.45. The molecular formula is C14H16N2O5. The minimum absolute atomic E-state index is 0.207. The van der Waals surface area contributed by atoms with Crippen LogP contribution in [-0.2, 0) is 4.79 Å². The van der Waals surface area contributed by atoms with Crippen LogP contribution < -0.4 is 5.32 Å². The van der Waals surface area contributed by atoms with E-state index in [-0.39, 0.29) is 6.54 Å². The zero-order valence-electron chi connectivity index (χ0n) is 11.2. The quantitative estimate of drug-likeness (QED) is 0.776. The molecule has 112 valence electrons. The van der Waals surface area contributed by atoms with E-state index in [0.29, 0.717) is 18.4 Å². The van der Waals surface area contributed by atoms with Crippen molar-refractivity contribution >= 4 is 18.0 Å². The Morgan fingerprint density at radius 1 is 1.14 bits per heavy atom. The lowest BCUT2D eigenvalue weighted by atomic mass is 9.94. The van der Waals surface area contributed by atoms with Gasteiger partial charge in [0.1, 0.15) is 6.17 Å². The molecule has 1 aromatic rings. The minimum Gasteiger partial charge on any atom is -0.481 e. The molecule has 0 bridgehead atoms. The largest absolute Gasteiger partial charge is 0.481 e. The SMILES string of the molecule is O=C(NC1C(C(=O)O)CCCN1C(=O)O)c1ccccc1. The third-order valence-electron chi connectivity index (χ3n) is 3.51. The standard InChI is InChI=1S/C14H16N2O5/c17-12(9-5-2-1-3-6-9)15-11-10(13(18)19)7-4-8-16(11)14(20)21/h1-3,5-6,10-11H,4,7-8H2,(H,15,17)(H,18,19)(H,20,21). The second-order valence-corrected chi connectivity index (χ2v) is 4.85. The lowest BCUT2D eigenvalue weighted by Gasteiger charge is -2.37. The van der Waals surface area contributed by atoms with Crippen LogP contribution in [-0.4, -0.2) is 45.8 Å². The van der Waals surface area contributed by atoms with E-state index in [1.807, 2.05) is 0 Å². The summed E-state index contributed by atoms with van der Waals surface area (Å²) < 4.78 is 0. The Morgan fingerprint density at radius 2 is 1.81 bits per heavy atom. The first-order chi connectivity index (χ1) is 10.0. The van der Waals surface area contributed by atoms with Gasteiger partial charge in [0, 0.05) is 12.1 Å². The van der Waals surface area contributed by atoms with Crippen LogP contribution in [0.25, 0.3) is 0 Å². The first kappa shape index (κ1) is 14.8. The van der Waals surface area contributed by atoms with E-state index in [9.17, 15) is 24.6 Å². The Labute approximate surface area is 121 Å². The molecule has 0 radical (unpaired) electrons. The third-order valence-corrected chi connectivity index (χ3v) is 3.51. The predicted octanol–water partition coefficient (Wildman–Crippen LogP) is 1.22. The van der Waals surface area contributed by atoms with E-state index < -0.39 is 30.1 Å². The van der Waals surface area contributed by atoms with Crippen LogP contribution in [0, 0.1) is 5.92 Å². The highest BCUT2D eigenvalue weighted by atomic mass is 16.4. The highest BCUT2D eigenvalue weighted by Crippen LogP contribution is 2.23. The molecule has 1 aliphatic heterocycles. The van der Waals surface area contributed by atoms with Crippen molar-refractivity contribution in [2.45, 2.75) is 19.0 Å². The minimum atomic E-state index is -1.24. The van der Waals surface area contributed by atoms with Gasteiger partial charge >= 0.3 is 12.1 Å². The van der Waals surface area contributed by atoms with Crippen LogP contribution in [0.4, 0.5) is 4.79 Å². The fraction of sp³-hybridized carbons (Fsp3) is 0.357. The number of nitrogens with zero attached hydrogens (tertiary/aromatic N) is 1. The molecule has 2 amide bonds. The molecule has 21 heavy (non-hydrogen) atoms. The first-order valence-electron chi connectivity index (χ1n) is 6.59. The monoisotopic (exact) mass is 292 g/mol. The van der Waals surface area contributed by atoms with Gasteiger partial charge in [0.25, 0.3) is 5.91 Å². The average Bonchev–Trinajstić information content (AvgIpc) is 2.47. The molecule has 7 heteroatoms.